The fourth-order valence-corrected chi connectivity index (χ4v) is 8.04. The molecule has 0 amide bonds. The highest BCUT2D eigenvalue weighted by molar-refractivity contribution is 5.18. The summed E-state index contributed by atoms with van der Waals surface area (Å²) in [6.07, 6.45) is -8.52. The monoisotopic (exact) mass is 866 g/mol. The fraction of sp³-hybridized carbons (Fsp3) is 0.333. The summed E-state index contributed by atoms with van der Waals surface area (Å²) in [5.74, 6) is 0. The first-order chi connectivity index (χ1) is 31.6. The molecule has 0 aliphatic carbocycles. The van der Waals surface area contributed by atoms with Crippen molar-refractivity contribution >= 4 is 0 Å². The van der Waals surface area contributed by atoms with Crippen LogP contribution in [-0.4, -0.2) is 73.1 Å². The van der Waals surface area contributed by atoms with E-state index in [0.717, 1.165) is 33.4 Å². The van der Waals surface area contributed by atoms with Crippen molar-refractivity contribution in [3.05, 3.63) is 215 Å². The van der Waals surface area contributed by atoms with Crippen LogP contribution in [0, 0.1) is 0 Å². The predicted octanol–water partition coefficient (Wildman–Crippen LogP) is 8.98. The van der Waals surface area contributed by atoms with Gasteiger partial charge in [-0.1, -0.05) is 182 Å². The van der Waals surface area contributed by atoms with Crippen LogP contribution in [0.4, 0.5) is 0 Å². The first-order valence-electron chi connectivity index (χ1n) is 22.1. The van der Waals surface area contributed by atoms with Crippen LogP contribution in [0.25, 0.3) is 0 Å². The highest BCUT2D eigenvalue weighted by Gasteiger charge is 2.53. The molecule has 0 unspecified atom stereocenters. The summed E-state index contributed by atoms with van der Waals surface area (Å²) in [5.41, 5.74) is 5.86. The van der Waals surface area contributed by atoms with Crippen molar-refractivity contribution in [3.8, 4) is 0 Å². The molecule has 10 atom stereocenters. The maximum Gasteiger partial charge on any atom is 0.187 e. The van der Waals surface area contributed by atoms with Crippen molar-refractivity contribution < 1.29 is 47.7 Å². The number of hydrogen-bond acceptors (Lipinski definition) is 10. The topological polar surface area (TPSA) is 103 Å². The van der Waals surface area contributed by atoms with Gasteiger partial charge in [0, 0.05) is 0 Å². The van der Waals surface area contributed by atoms with Gasteiger partial charge in [0.1, 0.15) is 42.7 Å². The average molecular weight is 867 g/mol. The highest BCUT2D eigenvalue weighted by atomic mass is 16.8. The minimum Gasteiger partial charge on any atom is -0.385 e. The summed E-state index contributed by atoms with van der Waals surface area (Å²) in [5, 5.41) is 12.1. The van der Waals surface area contributed by atoms with Crippen LogP contribution in [0.2, 0.25) is 0 Å². The Morgan fingerprint density at radius 2 is 0.734 bits per heavy atom. The number of rotatable bonds is 21. The summed E-state index contributed by atoms with van der Waals surface area (Å²) in [7, 11) is 0. The van der Waals surface area contributed by atoms with Crippen LogP contribution in [-0.2, 0) is 82.3 Å². The predicted molar refractivity (Wildman–Crippen MR) is 241 cm³/mol. The molecular weight excluding hydrogens is 809 g/mol. The molecule has 6 aromatic carbocycles. The Hall–Kier alpha value is -5.08. The van der Waals surface area contributed by atoms with Crippen molar-refractivity contribution in [1.29, 1.82) is 0 Å². The van der Waals surface area contributed by atoms with Crippen LogP contribution >= 0.6 is 0 Å². The Morgan fingerprint density at radius 1 is 0.375 bits per heavy atom. The van der Waals surface area contributed by atoms with Crippen molar-refractivity contribution in [2.45, 2.75) is 108 Å². The molecular formula is C54H58O10. The van der Waals surface area contributed by atoms with Gasteiger partial charge in [-0.15, -0.1) is 0 Å². The van der Waals surface area contributed by atoms with Crippen LogP contribution in [0.3, 0.4) is 0 Å². The van der Waals surface area contributed by atoms with E-state index in [2.05, 4.69) is 0 Å². The lowest BCUT2D eigenvalue weighted by molar-refractivity contribution is -0.371. The molecule has 2 aliphatic heterocycles. The van der Waals surface area contributed by atoms with E-state index in [-0.39, 0.29) is 33.0 Å². The molecule has 0 bridgehead atoms. The van der Waals surface area contributed by atoms with Gasteiger partial charge in [-0.25, -0.2) is 0 Å². The molecule has 0 saturated carbocycles. The molecule has 1 N–H and O–H groups in total. The Bertz CT molecular complexity index is 2190. The molecule has 2 aliphatic rings. The molecule has 64 heavy (non-hydrogen) atoms. The lowest BCUT2D eigenvalue weighted by Crippen LogP contribution is -2.65. The highest BCUT2D eigenvalue weighted by Crippen LogP contribution is 2.36. The van der Waals surface area contributed by atoms with Gasteiger partial charge in [0.2, 0.25) is 0 Å². The van der Waals surface area contributed by atoms with Gasteiger partial charge in [-0.3, -0.25) is 0 Å². The minimum absolute atomic E-state index is 0.160. The number of ether oxygens (including phenoxy) is 9. The van der Waals surface area contributed by atoms with Gasteiger partial charge in [0.05, 0.1) is 52.4 Å². The summed E-state index contributed by atoms with van der Waals surface area (Å²) in [6.45, 7) is 3.68. The van der Waals surface area contributed by atoms with Gasteiger partial charge < -0.3 is 47.7 Å². The Labute approximate surface area is 376 Å². The molecule has 10 nitrogen and oxygen atoms in total. The summed E-state index contributed by atoms with van der Waals surface area (Å²) in [6, 6.07) is 59.6. The molecule has 2 heterocycles. The van der Waals surface area contributed by atoms with Gasteiger partial charge in [0.25, 0.3) is 0 Å². The van der Waals surface area contributed by atoms with Crippen LogP contribution in [0.15, 0.2) is 182 Å². The molecule has 0 radical (unpaired) electrons. The zero-order chi connectivity index (χ0) is 43.8. The molecule has 2 fully saturated rings. The van der Waals surface area contributed by atoms with Gasteiger partial charge >= 0.3 is 0 Å². The molecule has 8 rings (SSSR count). The average Bonchev–Trinajstić information content (AvgIpc) is 3.35. The summed E-state index contributed by atoms with van der Waals surface area (Å²) < 4.78 is 60.6. The van der Waals surface area contributed by atoms with Gasteiger partial charge in [-0.05, 0) is 40.3 Å². The van der Waals surface area contributed by atoms with Crippen molar-refractivity contribution in [2.75, 3.05) is 6.61 Å². The molecule has 0 spiro atoms. The third kappa shape index (κ3) is 12.8. The van der Waals surface area contributed by atoms with E-state index in [4.69, 9.17) is 42.6 Å². The van der Waals surface area contributed by atoms with Crippen LogP contribution in [0.1, 0.15) is 40.3 Å². The maximum atomic E-state index is 12.1. The number of benzene rings is 6. The van der Waals surface area contributed by atoms with Crippen molar-refractivity contribution in [2.24, 2.45) is 0 Å². The van der Waals surface area contributed by atoms with Crippen LogP contribution < -0.4 is 0 Å². The van der Waals surface area contributed by atoms with Gasteiger partial charge in [0.15, 0.2) is 12.6 Å². The second kappa shape index (κ2) is 23.7. The third-order valence-electron chi connectivity index (χ3n) is 11.4. The lowest BCUT2D eigenvalue weighted by Gasteiger charge is -2.49. The maximum absolute atomic E-state index is 12.1. The van der Waals surface area contributed by atoms with E-state index in [9.17, 15) is 5.11 Å². The first kappa shape index (κ1) is 45.5. The standard InChI is InChI=1S/C54H58O10/c1-39-48(50(58-34-42-24-12-4-13-25-42)47(55)53(62-39)61-37-45-30-18-7-19-31-45)64-54-52(60-36-44-28-16-6-17-29-44)51(59-35-43-26-14-5-15-27-43)49(57-33-41-22-10-3-11-23-41)46(63-54)38-56-32-40-20-8-2-9-21-40/h2-31,39,46-55H,32-38H2,1H3/t39-,46+,47+,48-,49-,50-,51+,52+,53+,54-/m0/s1. The summed E-state index contributed by atoms with van der Waals surface area (Å²) >= 11 is 0. The molecule has 334 valence electrons. The zero-order valence-corrected chi connectivity index (χ0v) is 36.2. The lowest BCUT2D eigenvalue weighted by atomic mass is 9.96. The van der Waals surface area contributed by atoms with Gasteiger partial charge in [-0.2, -0.15) is 0 Å². The molecule has 10 heteroatoms. The van der Waals surface area contributed by atoms with E-state index in [1.807, 2.05) is 189 Å². The van der Waals surface area contributed by atoms with E-state index < -0.39 is 61.4 Å². The van der Waals surface area contributed by atoms with E-state index in [1.54, 1.807) is 0 Å². The smallest absolute Gasteiger partial charge is 0.187 e. The third-order valence-corrected chi connectivity index (χ3v) is 11.4. The van der Waals surface area contributed by atoms with E-state index in [0.29, 0.717) is 13.2 Å². The fourth-order valence-electron chi connectivity index (χ4n) is 8.04. The molecule has 2 saturated heterocycles. The second-order valence-corrected chi connectivity index (χ2v) is 16.2. The van der Waals surface area contributed by atoms with Crippen molar-refractivity contribution in [1.82, 2.24) is 0 Å². The Morgan fingerprint density at radius 3 is 1.17 bits per heavy atom. The first-order valence-corrected chi connectivity index (χ1v) is 22.1. The Kier molecular flexibility index (Phi) is 16.9. The van der Waals surface area contributed by atoms with E-state index in [1.165, 1.54) is 0 Å². The number of hydrogen-bond donors (Lipinski definition) is 1. The van der Waals surface area contributed by atoms with Crippen molar-refractivity contribution in [3.63, 3.8) is 0 Å². The number of aliphatic hydroxyl groups is 1. The largest absolute Gasteiger partial charge is 0.385 e. The zero-order valence-electron chi connectivity index (χ0n) is 36.2. The second-order valence-electron chi connectivity index (χ2n) is 16.2. The number of aliphatic hydroxyl groups excluding tert-OH is 1. The van der Waals surface area contributed by atoms with Crippen LogP contribution in [0.5, 0.6) is 0 Å². The minimum atomic E-state index is -1.22. The quantitative estimate of drug-likeness (QED) is 0.0755. The summed E-state index contributed by atoms with van der Waals surface area (Å²) in [4.78, 5) is 0. The Balaban J connectivity index is 1.12. The molecule has 0 aromatic heterocycles. The molecule has 6 aromatic rings. The normalized spacial score (nSPS) is 25.8. The SMILES string of the molecule is C[C@@H]1O[C@@H](OCc2ccccc2)[C@H](O)[C@H](OCc2ccccc2)[C@H]1O[C@@H]1O[C@H](COCc2ccccc2)[C@H](OCc2ccccc2)[C@@H](OCc2ccccc2)[C@H]1OCc1ccccc1. The van der Waals surface area contributed by atoms with E-state index >= 15 is 0 Å².